The fourth-order valence-corrected chi connectivity index (χ4v) is 1.87. The maximum atomic E-state index is 5.64. The molecule has 13 heavy (non-hydrogen) atoms. The van der Waals surface area contributed by atoms with Crippen molar-refractivity contribution in [1.29, 1.82) is 0 Å². The maximum absolute atomic E-state index is 5.64. The number of fused-ring (bicyclic) bond motifs is 1. The maximum Gasteiger partial charge on any atom is 0.135 e. The Morgan fingerprint density at radius 3 is 2.92 bits per heavy atom. The molecule has 1 aliphatic rings. The lowest BCUT2D eigenvalue weighted by molar-refractivity contribution is 0.503. The molecule has 0 radical (unpaired) electrons. The summed E-state index contributed by atoms with van der Waals surface area (Å²) in [7, 11) is 0. The number of nitrogens with two attached hydrogens (primary N) is 1. The molecule has 1 aliphatic heterocycles. The van der Waals surface area contributed by atoms with Crippen LogP contribution in [0.25, 0.3) is 0 Å². The van der Waals surface area contributed by atoms with Gasteiger partial charge in [0.05, 0.1) is 0 Å². The van der Waals surface area contributed by atoms with Crippen LogP contribution in [0.5, 0.6) is 0 Å². The Labute approximate surface area is 78.1 Å². The molecule has 0 aromatic carbocycles. The first kappa shape index (κ1) is 8.69. The van der Waals surface area contributed by atoms with Gasteiger partial charge in [-0.05, 0) is 12.5 Å². The highest BCUT2D eigenvalue weighted by Gasteiger charge is 2.25. The third-order valence-electron chi connectivity index (χ3n) is 2.62. The molecule has 0 aliphatic carbocycles. The van der Waals surface area contributed by atoms with Gasteiger partial charge >= 0.3 is 0 Å². The lowest BCUT2D eigenvalue weighted by Gasteiger charge is -2.07. The molecule has 1 aromatic rings. The summed E-state index contributed by atoms with van der Waals surface area (Å²) in [4.78, 5) is 0. The molecule has 2 rings (SSSR count). The third-order valence-corrected chi connectivity index (χ3v) is 2.62. The average molecular weight is 180 g/mol. The summed E-state index contributed by atoms with van der Waals surface area (Å²) in [5.74, 6) is 3.24. The Balaban J connectivity index is 2.27. The molecule has 2 heterocycles. The minimum Gasteiger partial charge on any atom is -0.330 e. The Bertz CT molecular complexity index is 303. The van der Waals surface area contributed by atoms with Crippen molar-refractivity contribution in [2.24, 2.45) is 11.7 Å². The van der Waals surface area contributed by atoms with E-state index in [0.29, 0.717) is 11.8 Å². The van der Waals surface area contributed by atoms with Gasteiger partial charge in [0, 0.05) is 18.9 Å². The summed E-state index contributed by atoms with van der Waals surface area (Å²) in [6, 6.07) is 0. The van der Waals surface area contributed by atoms with Crippen molar-refractivity contribution in [3.63, 3.8) is 0 Å². The predicted octanol–water partition coefficient (Wildman–Crippen LogP) is 0.533. The van der Waals surface area contributed by atoms with Crippen molar-refractivity contribution >= 4 is 0 Å². The van der Waals surface area contributed by atoms with Gasteiger partial charge in [-0.15, -0.1) is 10.2 Å². The van der Waals surface area contributed by atoms with E-state index in [1.807, 2.05) is 0 Å². The molecule has 0 amide bonds. The number of hydrogen-bond donors (Lipinski definition) is 1. The number of nitrogens with zero attached hydrogens (tertiary/aromatic N) is 3. The largest absolute Gasteiger partial charge is 0.330 e. The third kappa shape index (κ3) is 1.35. The van der Waals surface area contributed by atoms with E-state index in [0.717, 1.165) is 31.2 Å². The SMILES string of the molecule is CC(C)c1nnc2n1CC(CN)C2. The van der Waals surface area contributed by atoms with Gasteiger partial charge in [0.15, 0.2) is 0 Å². The lowest BCUT2D eigenvalue weighted by Crippen LogP contribution is -2.16. The molecular weight excluding hydrogens is 164 g/mol. The molecule has 1 aromatic heterocycles. The minimum absolute atomic E-state index is 0.456. The van der Waals surface area contributed by atoms with E-state index in [4.69, 9.17) is 5.73 Å². The van der Waals surface area contributed by atoms with E-state index < -0.39 is 0 Å². The molecule has 4 heteroatoms. The van der Waals surface area contributed by atoms with Crippen molar-refractivity contribution in [3.8, 4) is 0 Å². The molecule has 0 saturated carbocycles. The van der Waals surface area contributed by atoms with E-state index in [1.165, 1.54) is 0 Å². The van der Waals surface area contributed by atoms with Gasteiger partial charge in [-0.25, -0.2) is 0 Å². The van der Waals surface area contributed by atoms with Crippen LogP contribution in [-0.2, 0) is 13.0 Å². The van der Waals surface area contributed by atoms with Crippen LogP contribution in [-0.4, -0.2) is 21.3 Å². The topological polar surface area (TPSA) is 56.7 Å². The Kier molecular flexibility index (Phi) is 2.07. The molecule has 4 nitrogen and oxygen atoms in total. The molecule has 72 valence electrons. The van der Waals surface area contributed by atoms with Gasteiger partial charge < -0.3 is 10.3 Å². The van der Waals surface area contributed by atoms with Crippen molar-refractivity contribution in [2.75, 3.05) is 6.54 Å². The highest BCUT2D eigenvalue weighted by Crippen LogP contribution is 2.23. The zero-order chi connectivity index (χ0) is 9.42. The first-order valence-electron chi connectivity index (χ1n) is 4.84. The molecule has 2 N–H and O–H groups in total. The fraction of sp³-hybridized carbons (Fsp3) is 0.778. The predicted molar refractivity (Wildman–Crippen MR) is 50.4 cm³/mol. The minimum atomic E-state index is 0.456. The highest BCUT2D eigenvalue weighted by molar-refractivity contribution is 5.05. The van der Waals surface area contributed by atoms with Gasteiger partial charge in [-0.1, -0.05) is 13.8 Å². The summed E-state index contributed by atoms with van der Waals surface area (Å²) < 4.78 is 2.22. The monoisotopic (exact) mass is 180 g/mol. The van der Waals surface area contributed by atoms with E-state index in [2.05, 4.69) is 28.6 Å². The smallest absolute Gasteiger partial charge is 0.135 e. The van der Waals surface area contributed by atoms with E-state index in [-0.39, 0.29) is 0 Å². The van der Waals surface area contributed by atoms with E-state index in [1.54, 1.807) is 0 Å². The number of rotatable bonds is 2. The second kappa shape index (κ2) is 3.10. The van der Waals surface area contributed by atoms with Crippen LogP contribution in [0.15, 0.2) is 0 Å². The summed E-state index contributed by atoms with van der Waals surface area (Å²) in [6.45, 7) is 6.05. The van der Waals surface area contributed by atoms with Gasteiger partial charge in [0.1, 0.15) is 11.6 Å². The molecule has 1 atom stereocenters. The van der Waals surface area contributed by atoms with Crippen LogP contribution in [0.3, 0.4) is 0 Å². The molecule has 0 bridgehead atoms. The number of hydrogen-bond acceptors (Lipinski definition) is 3. The normalized spacial score (nSPS) is 21.1. The van der Waals surface area contributed by atoms with E-state index in [9.17, 15) is 0 Å². The summed E-state index contributed by atoms with van der Waals surface area (Å²) in [5, 5.41) is 8.35. The molecule has 0 saturated heterocycles. The molecule has 0 fully saturated rings. The van der Waals surface area contributed by atoms with Crippen LogP contribution in [0.1, 0.15) is 31.4 Å². The zero-order valence-electron chi connectivity index (χ0n) is 8.20. The van der Waals surface area contributed by atoms with Crippen molar-refractivity contribution in [2.45, 2.75) is 32.7 Å². The quantitative estimate of drug-likeness (QED) is 0.722. The molecule has 0 spiro atoms. The van der Waals surface area contributed by atoms with Gasteiger partial charge in [0.25, 0.3) is 0 Å². The first-order valence-corrected chi connectivity index (χ1v) is 4.84. The molecule has 1 unspecified atom stereocenters. The van der Waals surface area contributed by atoms with Gasteiger partial charge in [-0.2, -0.15) is 0 Å². The Morgan fingerprint density at radius 2 is 2.31 bits per heavy atom. The van der Waals surface area contributed by atoms with Crippen LogP contribution >= 0.6 is 0 Å². The van der Waals surface area contributed by atoms with Gasteiger partial charge in [-0.3, -0.25) is 0 Å². The summed E-state index contributed by atoms with van der Waals surface area (Å²) in [5.41, 5.74) is 5.64. The highest BCUT2D eigenvalue weighted by atomic mass is 15.3. The standard InChI is InChI=1S/C9H16N4/c1-6(2)9-12-11-8-3-7(4-10)5-13(8)9/h6-7H,3-5,10H2,1-2H3. The van der Waals surface area contributed by atoms with E-state index >= 15 is 0 Å². The fourth-order valence-electron chi connectivity index (χ4n) is 1.87. The second-order valence-corrected chi connectivity index (χ2v) is 4.05. The average Bonchev–Trinajstić information content (AvgIpc) is 2.59. The van der Waals surface area contributed by atoms with Crippen LogP contribution < -0.4 is 5.73 Å². The first-order chi connectivity index (χ1) is 6.22. The summed E-state index contributed by atoms with van der Waals surface area (Å²) >= 11 is 0. The van der Waals surface area contributed by atoms with Crippen molar-refractivity contribution < 1.29 is 0 Å². The lowest BCUT2D eigenvalue weighted by atomic mass is 10.1. The molecular formula is C9H16N4. The zero-order valence-corrected chi connectivity index (χ0v) is 8.20. The Hall–Kier alpha value is -0.900. The van der Waals surface area contributed by atoms with Crippen molar-refractivity contribution in [1.82, 2.24) is 14.8 Å². The van der Waals surface area contributed by atoms with Crippen molar-refractivity contribution in [3.05, 3.63) is 11.6 Å². The summed E-state index contributed by atoms with van der Waals surface area (Å²) in [6.07, 6.45) is 0.996. The van der Waals surface area contributed by atoms with Crippen LogP contribution in [0, 0.1) is 5.92 Å². The Morgan fingerprint density at radius 1 is 1.54 bits per heavy atom. The number of aromatic nitrogens is 3. The van der Waals surface area contributed by atoms with Gasteiger partial charge in [0.2, 0.25) is 0 Å². The second-order valence-electron chi connectivity index (χ2n) is 4.05. The van der Waals surface area contributed by atoms with Crippen LogP contribution in [0.4, 0.5) is 0 Å². The van der Waals surface area contributed by atoms with Crippen LogP contribution in [0.2, 0.25) is 0 Å².